The maximum Gasteiger partial charge on any atom is 0.305 e. The third kappa shape index (κ3) is 8.29. The molecule has 36 heavy (non-hydrogen) atoms. The van der Waals surface area contributed by atoms with Gasteiger partial charge in [-0.15, -0.1) is 0 Å². The Morgan fingerprint density at radius 1 is 0.806 bits per heavy atom. The van der Waals surface area contributed by atoms with Gasteiger partial charge < -0.3 is 54.7 Å². The molecule has 0 radical (unpaired) electrons. The van der Waals surface area contributed by atoms with Crippen molar-refractivity contribution >= 4 is 5.97 Å². The Kier molecular flexibility index (Phi) is 13.4. The minimum absolute atomic E-state index is 0.237. The minimum Gasteiger partial charge on any atom is -0.463 e. The van der Waals surface area contributed by atoms with Crippen molar-refractivity contribution in [1.82, 2.24) is 0 Å². The van der Waals surface area contributed by atoms with Crippen molar-refractivity contribution in [2.75, 3.05) is 33.0 Å². The van der Waals surface area contributed by atoms with Crippen molar-refractivity contribution in [3.8, 4) is 0 Å². The summed E-state index contributed by atoms with van der Waals surface area (Å²) < 4.78 is 21.7. The second-order valence-electron chi connectivity index (χ2n) is 9.75. The molecule has 0 spiro atoms. The molecule has 0 aromatic rings. The number of rotatable bonds is 16. The van der Waals surface area contributed by atoms with Gasteiger partial charge in [0.05, 0.1) is 26.4 Å². The Bertz CT molecular complexity index is 636. The highest BCUT2D eigenvalue weighted by Gasteiger charge is 2.54. The van der Waals surface area contributed by atoms with E-state index in [1.165, 1.54) is 19.3 Å². The molecule has 2 aliphatic rings. The van der Waals surface area contributed by atoms with Gasteiger partial charge in [-0.25, -0.2) is 0 Å². The van der Waals surface area contributed by atoms with E-state index in [0.29, 0.717) is 6.42 Å². The molecule has 3 unspecified atom stereocenters. The molecular formula is C24H44O12. The van der Waals surface area contributed by atoms with Gasteiger partial charge in [0.25, 0.3) is 0 Å². The molecule has 2 aliphatic heterocycles. The van der Waals surface area contributed by atoms with Crippen molar-refractivity contribution in [1.29, 1.82) is 0 Å². The fourth-order valence-corrected chi connectivity index (χ4v) is 4.52. The van der Waals surface area contributed by atoms with Crippen LogP contribution in [0.15, 0.2) is 0 Å². The largest absolute Gasteiger partial charge is 0.463 e. The summed E-state index contributed by atoms with van der Waals surface area (Å²) in [5.41, 5.74) is -1.70. The van der Waals surface area contributed by atoms with Gasteiger partial charge in [-0.3, -0.25) is 4.79 Å². The maximum atomic E-state index is 12.1. The molecule has 12 heteroatoms. The van der Waals surface area contributed by atoms with Crippen molar-refractivity contribution in [2.45, 2.75) is 113 Å². The maximum absolute atomic E-state index is 12.1. The van der Waals surface area contributed by atoms with Crippen LogP contribution in [0.3, 0.4) is 0 Å². The van der Waals surface area contributed by atoms with Crippen molar-refractivity contribution in [2.24, 2.45) is 0 Å². The van der Waals surface area contributed by atoms with E-state index in [1.807, 2.05) is 0 Å². The number of esters is 1. The zero-order chi connectivity index (χ0) is 26.7. The van der Waals surface area contributed by atoms with E-state index in [0.717, 1.165) is 19.3 Å². The number of hydrogen-bond donors (Lipinski definition) is 7. The molecule has 0 aliphatic carbocycles. The number of aliphatic hydroxyl groups is 7. The highest BCUT2D eigenvalue weighted by atomic mass is 16.6. The van der Waals surface area contributed by atoms with Crippen molar-refractivity contribution < 1.29 is 59.5 Å². The van der Waals surface area contributed by atoms with Gasteiger partial charge in [0.2, 0.25) is 0 Å². The van der Waals surface area contributed by atoms with E-state index >= 15 is 0 Å². The Labute approximate surface area is 211 Å². The number of aliphatic hydroxyl groups excluding tert-OH is 7. The van der Waals surface area contributed by atoms with Crippen LogP contribution in [0.2, 0.25) is 0 Å². The molecule has 0 aromatic heterocycles. The molecule has 212 valence electrons. The summed E-state index contributed by atoms with van der Waals surface area (Å²) >= 11 is 0. The van der Waals surface area contributed by atoms with E-state index in [2.05, 4.69) is 6.92 Å². The van der Waals surface area contributed by atoms with Crippen LogP contribution in [-0.2, 0) is 23.7 Å². The lowest BCUT2D eigenvalue weighted by atomic mass is 9.95. The molecule has 12 nitrogen and oxygen atoms in total. The molecule has 2 saturated heterocycles. The predicted molar refractivity (Wildman–Crippen MR) is 125 cm³/mol. The Balaban J connectivity index is 1.78. The van der Waals surface area contributed by atoms with Crippen LogP contribution in [0.5, 0.6) is 0 Å². The van der Waals surface area contributed by atoms with E-state index < -0.39 is 80.2 Å². The molecule has 0 saturated carbocycles. The van der Waals surface area contributed by atoms with Crippen LogP contribution in [-0.4, -0.2) is 129 Å². The van der Waals surface area contributed by atoms with Crippen molar-refractivity contribution in [3.63, 3.8) is 0 Å². The van der Waals surface area contributed by atoms with Crippen LogP contribution in [0.1, 0.15) is 58.3 Å². The molecular weight excluding hydrogens is 480 g/mol. The quantitative estimate of drug-likeness (QED) is 0.0902. The summed E-state index contributed by atoms with van der Waals surface area (Å²) in [5, 5.41) is 69.9. The monoisotopic (exact) mass is 524 g/mol. The van der Waals surface area contributed by atoms with Gasteiger partial charge in [-0.2, -0.15) is 0 Å². The average Bonchev–Trinajstić information content (AvgIpc) is 3.12. The number of hydrogen-bond acceptors (Lipinski definition) is 12. The Morgan fingerprint density at radius 3 is 2.00 bits per heavy atom. The zero-order valence-electron chi connectivity index (χ0n) is 21.0. The Morgan fingerprint density at radius 2 is 1.42 bits per heavy atom. The molecule has 0 amide bonds. The van der Waals surface area contributed by atoms with Gasteiger partial charge in [-0.05, 0) is 6.42 Å². The van der Waals surface area contributed by atoms with Crippen LogP contribution in [0.4, 0.5) is 0 Å². The van der Waals surface area contributed by atoms with E-state index in [1.54, 1.807) is 0 Å². The van der Waals surface area contributed by atoms with Gasteiger partial charge in [0.15, 0.2) is 0 Å². The van der Waals surface area contributed by atoms with E-state index in [9.17, 15) is 40.5 Å². The first-order chi connectivity index (χ1) is 17.2. The lowest BCUT2D eigenvalue weighted by molar-refractivity contribution is -0.246. The van der Waals surface area contributed by atoms with E-state index in [4.69, 9.17) is 18.9 Å². The lowest BCUT2D eigenvalue weighted by Gasteiger charge is -2.40. The molecule has 2 fully saturated rings. The second kappa shape index (κ2) is 15.5. The van der Waals surface area contributed by atoms with Crippen LogP contribution >= 0.6 is 0 Å². The van der Waals surface area contributed by atoms with Gasteiger partial charge in [0.1, 0.15) is 61.0 Å². The fourth-order valence-electron chi connectivity index (χ4n) is 4.52. The summed E-state index contributed by atoms with van der Waals surface area (Å²) in [4.78, 5) is 12.1. The average molecular weight is 525 g/mol. The van der Waals surface area contributed by atoms with Crippen LogP contribution < -0.4 is 0 Å². The van der Waals surface area contributed by atoms with Gasteiger partial charge >= 0.3 is 5.97 Å². The molecule has 7 N–H and O–H groups in total. The first-order valence-electron chi connectivity index (χ1n) is 12.9. The first kappa shape index (κ1) is 31.3. The number of carbonyl (C=O) groups excluding carboxylic acids is 1. The summed E-state index contributed by atoms with van der Waals surface area (Å²) in [6.45, 7) is -0.195. The smallest absolute Gasteiger partial charge is 0.305 e. The van der Waals surface area contributed by atoms with Crippen molar-refractivity contribution in [3.05, 3.63) is 0 Å². The molecule has 2 heterocycles. The topological polar surface area (TPSA) is 196 Å². The summed E-state index contributed by atoms with van der Waals surface area (Å²) in [7, 11) is 0. The minimum atomic E-state index is -1.70. The fraction of sp³-hybridized carbons (Fsp3) is 0.958. The third-order valence-electron chi connectivity index (χ3n) is 6.91. The zero-order valence-corrected chi connectivity index (χ0v) is 21.0. The third-order valence-corrected chi connectivity index (χ3v) is 6.91. The lowest BCUT2D eigenvalue weighted by Crippen LogP contribution is -2.60. The number of unbranched alkanes of at least 4 members (excludes halogenated alkanes) is 6. The highest BCUT2D eigenvalue weighted by Crippen LogP contribution is 2.32. The SMILES string of the molecule is CCCCCCCCCC(=O)OCC1O[C@H](COC[C@]2(CO)O[C@@H](CO)[C@@H](O)C2O)[C@@H](O)C(O)[C@H]1O. The van der Waals surface area contributed by atoms with E-state index in [-0.39, 0.29) is 19.6 Å². The second-order valence-corrected chi connectivity index (χ2v) is 9.75. The Hall–Kier alpha value is -0.930. The molecule has 0 aromatic carbocycles. The number of ether oxygens (including phenoxy) is 4. The summed E-state index contributed by atoms with van der Waals surface area (Å²) in [5.74, 6) is -0.443. The molecule has 9 atom stereocenters. The first-order valence-corrected chi connectivity index (χ1v) is 12.9. The summed E-state index contributed by atoms with van der Waals surface area (Å²) in [6.07, 6.45) is -3.25. The molecule has 0 bridgehead atoms. The molecule has 2 rings (SSSR count). The van der Waals surface area contributed by atoms with Gasteiger partial charge in [0, 0.05) is 6.42 Å². The van der Waals surface area contributed by atoms with Crippen LogP contribution in [0.25, 0.3) is 0 Å². The number of carbonyl (C=O) groups is 1. The normalized spacial score (nSPS) is 36.8. The predicted octanol–water partition coefficient (Wildman–Crippen LogP) is -1.62. The van der Waals surface area contributed by atoms with Gasteiger partial charge in [-0.1, -0.05) is 45.4 Å². The van der Waals surface area contributed by atoms with Crippen LogP contribution in [0, 0.1) is 0 Å². The summed E-state index contributed by atoms with van der Waals surface area (Å²) in [6, 6.07) is 0. The standard InChI is InChI=1S/C24H44O12/c1-2-3-4-5-6-7-8-9-18(27)34-12-17-20(29)22(31)19(28)16(35-17)11-33-14-24(13-26)23(32)21(30)15(10-25)36-24/h15-17,19-23,25-26,28-32H,2-14H2,1H3/t15-,16+,17?,19+,20-,21+,22?,23?,24-/m0/s1. The highest BCUT2D eigenvalue weighted by molar-refractivity contribution is 5.69.